The molecular weight excluding hydrogens is 138 g/mol. The molecule has 1 amide bonds. The first-order chi connectivity index (χ1) is 5.04. The molecule has 2 nitrogen and oxygen atoms in total. The zero-order valence-corrected chi connectivity index (χ0v) is 7.79. The Bertz CT molecular complexity index is 165. The molecule has 0 radical (unpaired) electrons. The molecule has 0 unspecified atom stereocenters. The van der Waals surface area contributed by atoms with Crippen LogP contribution in [0.1, 0.15) is 34.1 Å². The summed E-state index contributed by atoms with van der Waals surface area (Å²) in [6.45, 7) is 8.43. The van der Waals surface area contributed by atoms with Crippen LogP contribution in [-0.2, 0) is 4.79 Å². The topological polar surface area (TPSA) is 20.3 Å². The van der Waals surface area contributed by atoms with Crippen LogP contribution in [0, 0.1) is 5.92 Å². The van der Waals surface area contributed by atoms with Crippen LogP contribution >= 0.6 is 0 Å². The fraction of sp³-hybridized carbons (Fsp3) is 0.889. The number of hydrogen-bond donors (Lipinski definition) is 0. The summed E-state index contributed by atoms with van der Waals surface area (Å²) >= 11 is 0. The molecule has 11 heavy (non-hydrogen) atoms. The lowest BCUT2D eigenvalue weighted by molar-refractivity contribution is -0.130. The Hall–Kier alpha value is -0.530. The van der Waals surface area contributed by atoms with Crippen molar-refractivity contribution in [2.24, 2.45) is 5.92 Å². The maximum atomic E-state index is 11.4. The molecule has 1 heterocycles. The Balaban J connectivity index is 2.71. The minimum atomic E-state index is 0.319. The first-order valence-corrected chi connectivity index (χ1v) is 4.35. The van der Waals surface area contributed by atoms with Gasteiger partial charge in [-0.2, -0.15) is 0 Å². The molecular formula is C9H17NO. The number of hydrogen-bond acceptors (Lipinski definition) is 1. The number of nitrogens with zero attached hydrogens (tertiary/aromatic N) is 1. The van der Waals surface area contributed by atoms with Crippen molar-refractivity contribution in [3.63, 3.8) is 0 Å². The third-order valence-corrected chi connectivity index (χ3v) is 2.60. The Morgan fingerprint density at radius 2 is 2.00 bits per heavy atom. The Morgan fingerprint density at radius 3 is 2.18 bits per heavy atom. The molecule has 1 aliphatic rings. The minimum absolute atomic E-state index is 0.319. The molecule has 0 aromatic rings. The van der Waals surface area contributed by atoms with Crippen molar-refractivity contribution in [1.29, 1.82) is 0 Å². The standard InChI is InChI=1S/C9H17NO/c1-6(2)10-8(4)7(3)5-9(10)11/h6-8H,5H2,1-4H3/t7-,8-/m1/s1. The molecule has 2 heteroatoms. The summed E-state index contributed by atoms with van der Waals surface area (Å²) in [6, 6.07) is 0.796. The number of carbonyl (C=O) groups is 1. The highest BCUT2D eigenvalue weighted by Crippen LogP contribution is 2.26. The molecule has 2 atom stereocenters. The van der Waals surface area contributed by atoms with Crippen molar-refractivity contribution in [2.45, 2.75) is 46.2 Å². The van der Waals surface area contributed by atoms with Gasteiger partial charge in [-0.25, -0.2) is 0 Å². The predicted octanol–water partition coefficient (Wildman–Crippen LogP) is 1.65. The number of likely N-dealkylation sites (tertiary alicyclic amines) is 1. The summed E-state index contributed by atoms with van der Waals surface area (Å²) in [5.74, 6) is 0.852. The maximum absolute atomic E-state index is 11.4. The molecule has 0 bridgehead atoms. The second-order valence-corrected chi connectivity index (χ2v) is 3.82. The highest BCUT2D eigenvalue weighted by molar-refractivity contribution is 5.79. The summed E-state index contributed by atoms with van der Waals surface area (Å²) in [4.78, 5) is 13.4. The van der Waals surface area contributed by atoms with Gasteiger partial charge in [0.1, 0.15) is 0 Å². The van der Waals surface area contributed by atoms with Crippen molar-refractivity contribution >= 4 is 5.91 Å². The van der Waals surface area contributed by atoms with E-state index in [0.717, 1.165) is 6.42 Å². The summed E-state index contributed by atoms with van der Waals surface area (Å²) < 4.78 is 0. The van der Waals surface area contributed by atoms with Crippen molar-refractivity contribution < 1.29 is 4.79 Å². The minimum Gasteiger partial charge on any atom is -0.337 e. The normalized spacial score (nSPS) is 32.1. The third kappa shape index (κ3) is 1.39. The second-order valence-electron chi connectivity index (χ2n) is 3.82. The van der Waals surface area contributed by atoms with Gasteiger partial charge in [0, 0.05) is 18.5 Å². The lowest BCUT2D eigenvalue weighted by atomic mass is 10.0. The second kappa shape index (κ2) is 2.84. The van der Waals surface area contributed by atoms with E-state index in [2.05, 4.69) is 27.7 Å². The third-order valence-electron chi connectivity index (χ3n) is 2.60. The van der Waals surface area contributed by atoms with E-state index in [0.29, 0.717) is 23.9 Å². The largest absolute Gasteiger partial charge is 0.337 e. The van der Waals surface area contributed by atoms with E-state index in [4.69, 9.17) is 0 Å². The van der Waals surface area contributed by atoms with Crippen LogP contribution in [0.15, 0.2) is 0 Å². The van der Waals surface area contributed by atoms with Gasteiger partial charge in [0.2, 0.25) is 5.91 Å². The number of amides is 1. The smallest absolute Gasteiger partial charge is 0.223 e. The van der Waals surface area contributed by atoms with E-state index in [1.807, 2.05) is 4.90 Å². The molecule has 1 saturated heterocycles. The van der Waals surface area contributed by atoms with Gasteiger partial charge in [0.25, 0.3) is 0 Å². The Kier molecular flexibility index (Phi) is 2.21. The van der Waals surface area contributed by atoms with Gasteiger partial charge in [-0.05, 0) is 26.7 Å². The van der Waals surface area contributed by atoms with Crippen LogP contribution < -0.4 is 0 Å². The van der Waals surface area contributed by atoms with Crippen LogP contribution in [0.2, 0.25) is 0 Å². The average molecular weight is 155 g/mol. The monoisotopic (exact) mass is 155 g/mol. The van der Waals surface area contributed by atoms with E-state index in [9.17, 15) is 4.79 Å². The summed E-state index contributed by atoms with van der Waals surface area (Å²) in [7, 11) is 0. The van der Waals surface area contributed by atoms with Gasteiger partial charge in [0.15, 0.2) is 0 Å². The van der Waals surface area contributed by atoms with Gasteiger partial charge < -0.3 is 4.90 Å². The highest BCUT2D eigenvalue weighted by atomic mass is 16.2. The molecule has 1 fully saturated rings. The molecule has 64 valence electrons. The lowest BCUT2D eigenvalue weighted by Gasteiger charge is -2.27. The summed E-state index contributed by atoms with van der Waals surface area (Å²) in [5.41, 5.74) is 0. The summed E-state index contributed by atoms with van der Waals surface area (Å²) in [5, 5.41) is 0. The molecule has 0 aliphatic carbocycles. The lowest BCUT2D eigenvalue weighted by Crippen LogP contribution is -2.38. The van der Waals surface area contributed by atoms with E-state index in [1.54, 1.807) is 0 Å². The fourth-order valence-corrected chi connectivity index (χ4v) is 1.81. The van der Waals surface area contributed by atoms with Gasteiger partial charge in [-0.3, -0.25) is 4.79 Å². The Labute approximate surface area is 68.6 Å². The van der Waals surface area contributed by atoms with Gasteiger partial charge >= 0.3 is 0 Å². The zero-order chi connectivity index (χ0) is 8.59. The SMILES string of the molecule is CC(C)N1C(=O)C[C@@H](C)[C@H]1C. The number of rotatable bonds is 1. The van der Waals surface area contributed by atoms with E-state index in [1.165, 1.54) is 0 Å². The Morgan fingerprint density at radius 1 is 1.45 bits per heavy atom. The molecule has 0 spiro atoms. The summed E-state index contributed by atoms with van der Waals surface area (Å²) in [6.07, 6.45) is 0.735. The van der Waals surface area contributed by atoms with E-state index in [-0.39, 0.29) is 0 Å². The van der Waals surface area contributed by atoms with Gasteiger partial charge in [-0.1, -0.05) is 6.92 Å². The van der Waals surface area contributed by atoms with Gasteiger partial charge in [0.05, 0.1) is 0 Å². The first kappa shape index (κ1) is 8.57. The zero-order valence-electron chi connectivity index (χ0n) is 7.79. The molecule has 0 saturated carbocycles. The van der Waals surface area contributed by atoms with Crippen molar-refractivity contribution in [1.82, 2.24) is 4.90 Å². The van der Waals surface area contributed by atoms with Crippen molar-refractivity contribution in [3.05, 3.63) is 0 Å². The highest BCUT2D eigenvalue weighted by Gasteiger charge is 2.34. The van der Waals surface area contributed by atoms with Crippen LogP contribution in [0.25, 0.3) is 0 Å². The molecule has 1 rings (SSSR count). The van der Waals surface area contributed by atoms with Crippen molar-refractivity contribution in [3.8, 4) is 0 Å². The first-order valence-electron chi connectivity index (χ1n) is 4.35. The van der Waals surface area contributed by atoms with Crippen molar-refractivity contribution in [2.75, 3.05) is 0 Å². The quantitative estimate of drug-likeness (QED) is 0.564. The molecule has 1 aliphatic heterocycles. The van der Waals surface area contributed by atoms with Crippen LogP contribution in [0.4, 0.5) is 0 Å². The predicted molar refractivity (Wildman–Crippen MR) is 45.2 cm³/mol. The van der Waals surface area contributed by atoms with Crippen LogP contribution in [0.5, 0.6) is 0 Å². The molecule has 0 aromatic carbocycles. The average Bonchev–Trinajstić information content (AvgIpc) is 2.07. The molecule has 0 aromatic heterocycles. The maximum Gasteiger partial charge on any atom is 0.223 e. The van der Waals surface area contributed by atoms with E-state index >= 15 is 0 Å². The van der Waals surface area contributed by atoms with E-state index < -0.39 is 0 Å². The fourth-order valence-electron chi connectivity index (χ4n) is 1.81. The van der Waals surface area contributed by atoms with Crippen LogP contribution in [-0.4, -0.2) is 22.9 Å². The molecule has 0 N–H and O–H groups in total. The van der Waals surface area contributed by atoms with Crippen LogP contribution in [0.3, 0.4) is 0 Å². The van der Waals surface area contributed by atoms with Gasteiger partial charge in [-0.15, -0.1) is 0 Å². The number of carbonyl (C=O) groups excluding carboxylic acids is 1.